The van der Waals surface area contributed by atoms with Gasteiger partial charge in [-0.1, -0.05) is 24.7 Å². The van der Waals surface area contributed by atoms with Crippen molar-refractivity contribution in [1.29, 1.82) is 0 Å². The summed E-state index contributed by atoms with van der Waals surface area (Å²) < 4.78 is 0. The van der Waals surface area contributed by atoms with E-state index in [4.69, 9.17) is 0 Å². The number of nitrogens with one attached hydrogen (secondary N) is 1. The van der Waals surface area contributed by atoms with Crippen LogP contribution in [-0.4, -0.2) is 40.6 Å². The molecule has 1 aromatic rings. The maximum absolute atomic E-state index is 12.1. The molecule has 17 heavy (non-hydrogen) atoms. The van der Waals surface area contributed by atoms with Gasteiger partial charge in [0.2, 0.25) is 10.1 Å². The predicted molar refractivity (Wildman–Crippen MR) is 70.6 cm³/mol. The van der Waals surface area contributed by atoms with Crippen LogP contribution in [0.15, 0.2) is 0 Å². The third kappa shape index (κ3) is 3.96. The number of carbonyl (C=O) groups excluding carboxylic acids is 1. The largest absolute Gasteiger partial charge is 0.360 e. The first kappa shape index (κ1) is 13.9. The molecule has 0 aliphatic carbocycles. The number of unbranched alkanes of at least 4 members (excludes halogenated alkanes) is 1. The molecule has 1 N–H and O–H groups in total. The van der Waals surface area contributed by atoms with Crippen LogP contribution >= 0.6 is 11.3 Å². The van der Waals surface area contributed by atoms with E-state index in [9.17, 15) is 4.79 Å². The number of amides is 1. The number of anilines is 1. The molecular formula is C11H20N4OS. The van der Waals surface area contributed by atoms with E-state index >= 15 is 0 Å². The molecule has 0 spiro atoms. The molecule has 96 valence electrons. The molecule has 1 rings (SSSR count). The van der Waals surface area contributed by atoms with Crippen LogP contribution in [0.3, 0.4) is 0 Å². The Bertz CT molecular complexity index is 353. The Morgan fingerprint density at radius 1 is 1.35 bits per heavy atom. The summed E-state index contributed by atoms with van der Waals surface area (Å²) in [6.07, 6.45) is 2.11. The van der Waals surface area contributed by atoms with Crippen molar-refractivity contribution in [2.45, 2.75) is 33.6 Å². The van der Waals surface area contributed by atoms with Gasteiger partial charge >= 0.3 is 0 Å². The van der Waals surface area contributed by atoms with Gasteiger partial charge in [-0.25, -0.2) is 0 Å². The Morgan fingerprint density at radius 3 is 2.71 bits per heavy atom. The highest BCUT2D eigenvalue weighted by Crippen LogP contribution is 2.16. The molecule has 1 amide bonds. The van der Waals surface area contributed by atoms with Gasteiger partial charge < -0.3 is 10.2 Å². The van der Waals surface area contributed by atoms with Gasteiger partial charge in [-0.15, -0.1) is 10.2 Å². The normalized spacial score (nSPS) is 10.3. The first-order valence-electron chi connectivity index (χ1n) is 6.09. The van der Waals surface area contributed by atoms with Gasteiger partial charge in [0.15, 0.2) is 0 Å². The Morgan fingerprint density at radius 2 is 2.12 bits per heavy atom. The highest BCUT2D eigenvalue weighted by Gasteiger charge is 2.18. The number of nitrogens with zero attached hydrogens (tertiary/aromatic N) is 3. The minimum absolute atomic E-state index is 0.0115. The standard InChI is InChI=1S/C11H20N4OS/c1-4-7-8-15(6-3)10(16)9-13-14-11(17-9)12-5-2/h4-8H2,1-3H3,(H,12,14). The molecule has 5 nitrogen and oxygen atoms in total. The van der Waals surface area contributed by atoms with Crippen molar-refractivity contribution in [3.05, 3.63) is 5.01 Å². The molecule has 0 radical (unpaired) electrons. The first-order chi connectivity index (χ1) is 8.22. The summed E-state index contributed by atoms with van der Waals surface area (Å²) in [6, 6.07) is 0. The lowest BCUT2D eigenvalue weighted by molar-refractivity contribution is 0.0761. The Labute approximate surface area is 106 Å². The fraction of sp³-hybridized carbons (Fsp3) is 0.727. The predicted octanol–water partition coefficient (Wildman–Crippen LogP) is 2.23. The number of rotatable bonds is 7. The van der Waals surface area contributed by atoms with E-state index in [1.807, 2.05) is 18.7 Å². The van der Waals surface area contributed by atoms with Gasteiger partial charge in [0.05, 0.1) is 0 Å². The van der Waals surface area contributed by atoms with Gasteiger partial charge in [-0.3, -0.25) is 4.79 Å². The monoisotopic (exact) mass is 256 g/mol. The summed E-state index contributed by atoms with van der Waals surface area (Å²) in [5, 5.41) is 12.1. The average Bonchev–Trinajstić information content (AvgIpc) is 2.79. The maximum atomic E-state index is 12.1. The Kier molecular flexibility index (Phi) is 5.90. The van der Waals surface area contributed by atoms with Crippen LogP contribution in [0.5, 0.6) is 0 Å². The van der Waals surface area contributed by atoms with Crippen LogP contribution in [0.1, 0.15) is 43.4 Å². The second kappa shape index (κ2) is 7.21. The summed E-state index contributed by atoms with van der Waals surface area (Å²) in [4.78, 5) is 13.9. The molecule has 0 saturated carbocycles. The van der Waals surface area contributed by atoms with Crippen molar-refractivity contribution in [2.24, 2.45) is 0 Å². The summed E-state index contributed by atoms with van der Waals surface area (Å²) in [5.74, 6) is -0.0115. The van der Waals surface area contributed by atoms with Crippen molar-refractivity contribution in [3.63, 3.8) is 0 Å². The van der Waals surface area contributed by atoms with Crippen LogP contribution in [0.25, 0.3) is 0 Å². The molecule has 0 aromatic carbocycles. The van der Waals surface area contributed by atoms with Gasteiger partial charge in [0.25, 0.3) is 5.91 Å². The van der Waals surface area contributed by atoms with Crippen LogP contribution in [0.2, 0.25) is 0 Å². The third-order valence-electron chi connectivity index (χ3n) is 2.39. The fourth-order valence-corrected chi connectivity index (χ4v) is 2.20. The van der Waals surface area contributed by atoms with Crippen LogP contribution in [0.4, 0.5) is 5.13 Å². The molecule has 1 aromatic heterocycles. The number of carbonyl (C=O) groups is 1. The summed E-state index contributed by atoms with van der Waals surface area (Å²) in [5.41, 5.74) is 0. The fourth-order valence-electron chi connectivity index (χ4n) is 1.42. The lowest BCUT2D eigenvalue weighted by Gasteiger charge is -2.18. The molecule has 0 saturated heterocycles. The minimum atomic E-state index is -0.0115. The lowest BCUT2D eigenvalue weighted by Crippen LogP contribution is -2.31. The van der Waals surface area contributed by atoms with E-state index in [1.54, 1.807) is 0 Å². The second-order valence-corrected chi connectivity index (χ2v) is 4.66. The van der Waals surface area contributed by atoms with E-state index in [1.165, 1.54) is 11.3 Å². The second-order valence-electron chi connectivity index (χ2n) is 3.68. The summed E-state index contributed by atoms with van der Waals surface area (Å²) >= 11 is 1.32. The van der Waals surface area contributed by atoms with E-state index in [0.29, 0.717) is 10.1 Å². The number of hydrogen-bond donors (Lipinski definition) is 1. The molecule has 0 aliphatic rings. The lowest BCUT2D eigenvalue weighted by atomic mass is 10.3. The minimum Gasteiger partial charge on any atom is -0.360 e. The SMILES string of the molecule is CCCCN(CC)C(=O)c1nnc(NCC)s1. The van der Waals surface area contributed by atoms with Gasteiger partial charge in [-0.2, -0.15) is 0 Å². The van der Waals surface area contributed by atoms with Crippen LogP contribution < -0.4 is 5.32 Å². The molecule has 0 atom stereocenters. The first-order valence-corrected chi connectivity index (χ1v) is 6.91. The molecular weight excluding hydrogens is 236 g/mol. The van der Waals surface area contributed by atoms with Gasteiger partial charge in [0, 0.05) is 19.6 Å². The Balaban J connectivity index is 2.65. The highest BCUT2D eigenvalue weighted by molar-refractivity contribution is 7.17. The van der Waals surface area contributed by atoms with Gasteiger partial charge in [0.1, 0.15) is 0 Å². The van der Waals surface area contributed by atoms with Crippen molar-refractivity contribution in [1.82, 2.24) is 15.1 Å². The molecule has 1 heterocycles. The van der Waals surface area contributed by atoms with Crippen LogP contribution in [-0.2, 0) is 0 Å². The highest BCUT2D eigenvalue weighted by atomic mass is 32.1. The van der Waals surface area contributed by atoms with E-state index < -0.39 is 0 Å². The van der Waals surface area contributed by atoms with Crippen LogP contribution in [0, 0.1) is 0 Å². The zero-order valence-corrected chi connectivity index (χ0v) is 11.5. The average molecular weight is 256 g/mol. The van der Waals surface area contributed by atoms with Crippen molar-refractivity contribution in [3.8, 4) is 0 Å². The van der Waals surface area contributed by atoms with E-state index in [0.717, 1.165) is 32.5 Å². The maximum Gasteiger partial charge on any atom is 0.284 e. The summed E-state index contributed by atoms with van der Waals surface area (Å²) in [7, 11) is 0. The van der Waals surface area contributed by atoms with E-state index in [2.05, 4.69) is 22.4 Å². The smallest absolute Gasteiger partial charge is 0.284 e. The number of hydrogen-bond acceptors (Lipinski definition) is 5. The van der Waals surface area contributed by atoms with Crippen molar-refractivity contribution < 1.29 is 4.79 Å². The van der Waals surface area contributed by atoms with Gasteiger partial charge in [-0.05, 0) is 20.3 Å². The van der Waals surface area contributed by atoms with Crippen molar-refractivity contribution in [2.75, 3.05) is 25.0 Å². The number of aromatic nitrogens is 2. The van der Waals surface area contributed by atoms with E-state index in [-0.39, 0.29) is 5.91 Å². The van der Waals surface area contributed by atoms with Crippen molar-refractivity contribution >= 4 is 22.4 Å². The molecule has 0 unspecified atom stereocenters. The zero-order chi connectivity index (χ0) is 12.7. The zero-order valence-electron chi connectivity index (χ0n) is 10.7. The Hall–Kier alpha value is -1.17. The molecule has 0 fully saturated rings. The topological polar surface area (TPSA) is 58.1 Å². The quantitative estimate of drug-likeness (QED) is 0.812. The molecule has 0 aliphatic heterocycles. The molecule has 6 heteroatoms. The summed E-state index contributed by atoms with van der Waals surface area (Å²) in [6.45, 7) is 8.39. The molecule has 0 bridgehead atoms. The third-order valence-corrected chi connectivity index (χ3v) is 3.26.